The van der Waals surface area contributed by atoms with Crippen molar-refractivity contribution in [2.75, 3.05) is 13.1 Å². The Morgan fingerprint density at radius 2 is 1.74 bits per heavy atom. The second-order valence-electron chi connectivity index (χ2n) is 7.36. The third kappa shape index (κ3) is 3.76. The summed E-state index contributed by atoms with van der Waals surface area (Å²) in [5, 5.41) is 0.842. The van der Waals surface area contributed by atoms with Gasteiger partial charge in [0.15, 0.2) is 5.78 Å². The smallest absolute Gasteiger partial charge is 0.226 e. The number of likely N-dealkylation sites (tertiary alicyclic amines) is 1. The molecule has 0 spiro atoms. The van der Waals surface area contributed by atoms with Gasteiger partial charge in [0.25, 0.3) is 0 Å². The first-order valence-corrected chi connectivity index (χ1v) is 10.1. The molecular formula is C20H21Cl2N3O2. The van der Waals surface area contributed by atoms with Gasteiger partial charge in [-0.1, -0.05) is 23.2 Å². The van der Waals surface area contributed by atoms with E-state index in [1.165, 1.54) is 0 Å². The maximum atomic E-state index is 12.9. The number of Topliss-reactive ketones (excluding diaryl/α,β-unsaturated/α-hetero) is 1. The van der Waals surface area contributed by atoms with Crippen LogP contribution in [0, 0.1) is 11.8 Å². The van der Waals surface area contributed by atoms with Crippen LogP contribution in [0.25, 0.3) is 0 Å². The van der Waals surface area contributed by atoms with Crippen molar-refractivity contribution in [1.82, 2.24) is 14.5 Å². The summed E-state index contributed by atoms with van der Waals surface area (Å²) in [6.45, 7) is 2.11. The Kier molecular flexibility index (Phi) is 5.24. The van der Waals surface area contributed by atoms with E-state index in [4.69, 9.17) is 23.2 Å². The summed E-state index contributed by atoms with van der Waals surface area (Å²) in [4.78, 5) is 31.7. The zero-order valence-electron chi connectivity index (χ0n) is 14.9. The molecule has 1 fully saturated rings. The van der Waals surface area contributed by atoms with Gasteiger partial charge in [0.1, 0.15) is 0 Å². The van der Waals surface area contributed by atoms with Gasteiger partial charge in [-0.2, -0.15) is 0 Å². The summed E-state index contributed by atoms with van der Waals surface area (Å²) in [7, 11) is 0. The molecule has 27 heavy (non-hydrogen) atoms. The Morgan fingerprint density at radius 1 is 1.00 bits per heavy atom. The first-order chi connectivity index (χ1) is 13.0. The quantitative estimate of drug-likeness (QED) is 0.728. The number of fused-ring (bicyclic) bond motifs is 1. The van der Waals surface area contributed by atoms with Crippen molar-refractivity contribution in [3.8, 4) is 0 Å². The molecule has 7 heteroatoms. The lowest BCUT2D eigenvalue weighted by Crippen LogP contribution is -2.44. The number of piperidine rings is 1. The third-order valence-corrected chi connectivity index (χ3v) is 6.44. The van der Waals surface area contributed by atoms with E-state index < -0.39 is 0 Å². The molecule has 0 aliphatic carbocycles. The molecule has 2 aromatic rings. The lowest BCUT2D eigenvalue weighted by atomic mass is 9.87. The van der Waals surface area contributed by atoms with Crippen LogP contribution in [-0.2, 0) is 17.8 Å². The van der Waals surface area contributed by atoms with Gasteiger partial charge in [0.05, 0.1) is 16.4 Å². The minimum absolute atomic E-state index is 0.0246. The Hall–Kier alpha value is -1.85. The number of aryl methyl sites for hydroxylation is 1. The summed E-state index contributed by atoms with van der Waals surface area (Å²) < 4.78 is 2.12. The van der Waals surface area contributed by atoms with Crippen molar-refractivity contribution >= 4 is 34.9 Å². The average molecular weight is 406 g/mol. The molecule has 1 aromatic heterocycles. The van der Waals surface area contributed by atoms with Crippen LogP contribution in [0.5, 0.6) is 0 Å². The zero-order chi connectivity index (χ0) is 19.0. The molecule has 142 valence electrons. The number of carbonyl (C=O) groups excluding carboxylic acids is 2. The second-order valence-corrected chi connectivity index (χ2v) is 8.18. The summed E-state index contributed by atoms with van der Waals surface area (Å²) in [5.41, 5.74) is 1.72. The van der Waals surface area contributed by atoms with Crippen molar-refractivity contribution in [1.29, 1.82) is 0 Å². The molecule has 0 N–H and O–H groups in total. The maximum absolute atomic E-state index is 12.9. The number of hydrogen-bond donors (Lipinski definition) is 0. The van der Waals surface area contributed by atoms with Gasteiger partial charge < -0.3 is 9.47 Å². The molecule has 1 atom stereocenters. The van der Waals surface area contributed by atoms with Crippen LogP contribution >= 0.6 is 23.2 Å². The Labute approximate surface area is 168 Å². The topological polar surface area (TPSA) is 55.2 Å². The van der Waals surface area contributed by atoms with Crippen molar-refractivity contribution in [2.24, 2.45) is 11.8 Å². The van der Waals surface area contributed by atoms with E-state index in [1.807, 2.05) is 17.4 Å². The molecule has 1 saturated heterocycles. The van der Waals surface area contributed by atoms with Gasteiger partial charge in [-0.05, 0) is 37.5 Å². The number of nitrogens with zero attached hydrogens (tertiary/aromatic N) is 3. The van der Waals surface area contributed by atoms with Crippen LogP contribution in [0.2, 0.25) is 10.0 Å². The number of carbonyl (C=O) groups is 2. The third-order valence-electron chi connectivity index (χ3n) is 5.70. The van der Waals surface area contributed by atoms with Crippen LogP contribution in [0.1, 0.15) is 35.3 Å². The van der Waals surface area contributed by atoms with Crippen LogP contribution < -0.4 is 0 Å². The predicted octanol–water partition coefficient (Wildman–Crippen LogP) is 3.87. The van der Waals surface area contributed by atoms with Gasteiger partial charge in [0.2, 0.25) is 5.91 Å². The number of amides is 1. The van der Waals surface area contributed by atoms with E-state index in [1.54, 1.807) is 18.2 Å². The van der Waals surface area contributed by atoms with Gasteiger partial charge in [-0.15, -0.1) is 0 Å². The summed E-state index contributed by atoms with van der Waals surface area (Å²) in [6.07, 6.45) is 6.66. The van der Waals surface area contributed by atoms with Gasteiger partial charge >= 0.3 is 0 Å². The number of halogens is 2. The molecule has 5 nitrogen and oxygen atoms in total. The van der Waals surface area contributed by atoms with Crippen molar-refractivity contribution < 1.29 is 9.59 Å². The Balaban J connectivity index is 1.35. The van der Waals surface area contributed by atoms with Gasteiger partial charge in [-0.25, -0.2) is 4.98 Å². The summed E-state index contributed by atoms with van der Waals surface area (Å²) in [6, 6.07) is 5.01. The molecule has 1 amide bonds. The predicted molar refractivity (Wildman–Crippen MR) is 104 cm³/mol. The van der Waals surface area contributed by atoms with E-state index in [2.05, 4.69) is 9.55 Å². The molecule has 0 saturated carbocycles. The molecular weight excluding hydrogens is 385 g/mol. The SMILES string of the molecule is O=C(c1ccc(Cl)c(Cl)c1)C1CCN(C(=O)[C@@H]2CCn3cncc3C2)CC1. The van der Waals surface area contributed by atoms with Crippen molar-refractivity contribution in [3.63, 3.8) is 0 Å². The molecule has 0 radical (unpaired) electrons. The molecule has 1 aromatic carbocycles. The molecule has 2 aliphatic rings. The zero-order valence-corrected chi connectivity index (χ0v) is 16.4. The molecule has 3 heterocycles. The fourth-order valence-corrected chi connectivity index (χ4v) is 4.38. The Morgan fingerprint density at radius 3 is 2.48 bits per heavy atom. The highest BCUT2D eigenvalue weighted by Crippen LogP contribution is 2.28. The lowest BCUT2D eigenvalue weighted by molar-refractivity contribution is -0.137. The minimum Gasteiger partial charge on any atom is -0.342 e. The summed E-state index contributed by atoms with van der Waals surface area (Å²) >= 11 is 12.0. The fraction of sp³-hybridized carbons (Fsp3) is 0.450. The van der Waals surface area contributed by atoms with Crippen LogP contribution in [0.15, 0.2) is 30.7 Å². The van der Waals surface area contributed by atoms with E-state index in [-0.39, 0.29) is 23.5 Å². The second kappa shape index (κ2) is 7.64. The first-order valence-electron chi connectivity index (χ1n) is 9.30. The number of ketones is 1. The molecule has 0 unspecified atom stereocenters. The van der Waals surface area contributed by atoms with E-state index >= 15 is 0 Å². The minimum atomic E-state index is -0.0703. The standard InChI is InChI=1S/C20H21Cl2N3O2/c21-17-2-1-14(10-18(17)22)19(26)13-3-6-24(7-4-13)20(27)15-5-8-25-12-23-11-16(25)9-15/h1-2,10-13,15H,3-9H2/t15-/m1/s1. The van der Waals surface area contributed by atoms with Crippen molar-refractivity contribution in [3.05, 3.63) is 52.0 Å². The number of benzene rings is 1. The lowest BCUT2D eigenvalue weighted by Gasteiger charge is -2.35. The van der Waals surface area contributed by atoms with E-state index in [9.17, 15) is 9.59 Å². The van der Waals surface area contributed by atoms with Crippen LogP contribution in [-0.4, -0.2) is 39.2 Å². The van der Waals surface area contributed by atoms with E-state index in [0.29, 0.717) is 41.5 Å². The van der Waals surface area contributed by atoms with Gasteiger partial charge in [-0.3, -0.25) is 9.59 Å². The number of aromatic nitrogens is 2. The highest BCUT2D eigenvalue weighted by molar-refractivity contribution is 6.42. The van der Waals surface area contributed by atoms with E-state index in [0.717, 1.165) is 25.1 Å². The molecule has 0 bridgehead atoms. The largest absolute Gasteiger partial charge is 0.342 e. The summed E-state index contributed by atoms with van der Waals surface area (Å²) in [5.74, 6) is 0.251. The average Bonchev–Trinajstić information content (AvgIpc) is 3.17. The number of hydrogen-bond acceptors (Lipinski definition) is 3. The van der Waals surface area contributed by atoms with Crippen LogP contribution in [0.4, 0.5) is 0 Å². The molecule has 2 aliphatic heterocycles. The molecule has 4 rings (SSSR count). The van der Waals surface area contributed by atoms with Crippen LogP contribution in [0.3, 0.4) is 0 Å². The fourth-order valence-electron chi connectivity index (χ4n) is 4.09. The van der Waals surface area contributed by atoms with Gasteiger partial charge in [0, 0.05) is 55.3 Å². The first kappa shape index (κ1) is 18.5. The monoisotopic (exact) mass is 405 g/mol. The Bertz CT molecular complexity index is 872. The number of imidazole rings is 1. The van der Waals surface area contributed by atoms with Crippen molar-refractivity contribution in [2.45, 2.75) is 32.2 Å². The normalized spacial score (nSPS) is 20.4. The highest BCUT2D eigenvalue weighted by Gasteiger charge is 2.33. The highest BCUT2D eigenvalue weighted by atomic mass is 35.5. The maximum Gasteiger partial charge on any atom is 0.226 e. The number of rotatable bonds is 3.